The molecule has 0 saturated heterocycles. The number of amides is 1. The molecule has 1 aromatic rings. The van der Waals surface area contributed by atoms with Gasteiger partial charge < -0.3 is 40.7 Å². The molecule has 0 aliphatic heterocycles. The molecule has 0 aromatic carbocycles. The fraction of sp³-hybridized carbons (Fsp3) is 0.500. The van der Waals surface area contributed by atoms with E-state index in [9.17, 15) is 9.59 Å². The van der Waals surface area contributed by atoms with Gasteiger partial charge in [-0.2, -0.15) is 0 Å². The molecule has 6 nitrogen and oxygen atoms in total. The van der Waals surface area contributed by atoms with E-state index in [1.54, 1.807) is 11.3 Å². The average Bonchev–Trinajstić information content (AvgIpc) is 2.83. The molecule has 0 bridgehead atoms. The summed E-state index contributed by atoms with van der Waals surface area (Å²) in [7, 11) is 0. The Bertz CT molecular complexity index is 622. The third-order valence-corrected chi connectivity index (χ3v) is 5.04. The topological polar surface area (TPSA) is 90.5 Å². The summed E-state index contributed by atoms with van der Waals surface area (Å²) in [4.78, 5) is 24.0. The maximum absolute atomic E-state index is 12.0. The van der Waals surface area contributed by atoms with Crippen molar-refractivity contribution in [3.8, 4) is 0 Å². The molecule has 0 fully saturated rings. The Hall–Kier alpha value is 0.186. The van der Waals surface area contributed by atoms with Crippen molar-refractivity contribution in [2.24, 2.45) is 0 Å². The van der Waals surface area contributed by atoms with Crippen molar-refractivity contribution in [3.63, 3.8) is 0 Å². The van der Waals surface area contributed by atoms with Gasteiger partial charge in [-0.05, 0) is 41.1 Å². The van der Waals surface area contributed by atoms with Gasteiger partial charge in [0.1, 0.15) is 0 Å². The number of hydrogen-bond donors (Lipinski definition) is 4. The van der Waals surface area contributed by atoms with Crippen LogP contribution in [0, 0.1) is 0 Å². The second kappa shape index (κ2) is 11.0. The maximum atomic E-state index is 12.0. The molecule has 126 valence electrons. The van der Waals surface area contributed by atoms with Gasteiger partial charge in [0.25, 0.3) is 0 Å². The zero-order valence-corrected chi connectivity index (χ0v) is 19.0. The molecule has 1 aliphatic rings. The third kappa shape index (κ3) is 6.83. The van der Waals surface area contributed by atoms with Crippen molar-refractivity contribution < 1.29 is 66.1 Å². The van der Waals surface area contributed by atoms with E-state index in [1.165, 1.54) is 10.4 Å². The number of carboxylic acid groups (broad SMARTS) is 1. The molecule has 10 heteroatoms. The number of aryl methyl sites for hydroxylation is 1. The molecule has 1 aromatic heterocycles. The molecular weight excluding hydrogens is 393 g/mol. The van der Waals surface area contributed by atoms with Crippen LogP contribution >= 0.6 is 23.6 Å². The Morgan fingerprint density at radius 3 is 2.62 bits per heavy atom. The Labute approximate surface area is 198 Å². The fourth-order valence-electron chi connectivity index (χ4n) is 2.57. The van der Waals surface area contributed by atoms with Crippen LogP contribution in [0.2, 0.25) is 0 Å². The van der Waals surface area contributed by atoms with E-state index in [-0.39, 0.29) is 74.5 Å². The largest absolute Gasteiger partial charge is 1.00 e. The van der Waals surface area contributed by atoms with E-state index in [4.69, 9.17) is 5.11 Å². The molecule has 24 heavy (non-hydrogen) atoms. The molecule has 2 rings (SSSR count). The molecule has 1 amide bonds. The zero-order valence-electron chi connectivity index (χ0n) is 13.4. The van der Waals surface area contributed by atoms with Crippen LogP contribution in [0.4, 0.5) is 5.00 Å². The molecular formula is C14H18KN3O3S3. The summed E-state index contributed by atoms with van der Waals surface area (Å²) in [5.41, 5.74) is 7.14. The Morgan fingerprint density at radius 1 is 1.25 bits per heavy atom. The van der Waals surface area contributed by atoms with Crippen molar-refractivity contribution in [2.75, 3.05) is 11.9 Å². The average molecular weight is 412 g/mol. The SMILES string of the molecule is O=C(O)CCNc1sc2c(c1CC(=O)NNC(=S)[S-])CCCC2.[K+]. The first-order valence-electron chi connectivity index (χ1n) is 7.32. The van der Waals surface area contributed by atoms with Crippen LogP contribution in [0.3, 0.4) is 0 Å². The minimum absolute atomic E-state index is 0. The molecule has 0 unspecified atom stereocenters. The maximum Gasteiger partial charge on any atom is 1.00 e. The smallest absolute Gasteiger partial charge is 0.481 e. The zero-order chi connectivity index (χ0) is 16.8. The van der Waals surface area contributed by atoms with E-state index in [0.29, 0.717) is 6.54 Å². The normalized spacial score (nSPS) is 12.5. The predicted molar refractivity (Wildman–Crippen MR) is 96.6 cm³/mol. The van der Waals surface area contributed by atoms with E-state index in [2.05, 4.69) is 41.0 Å². The first-order chi connectivity index (χ1) is 11.0. The van der Waals surface area contributed by atoms with Crippen LogP contribution in [-0.4, -0.2) is 27.8 Å². The fourth-order valence-corrected chi connectivity index (χ4v) is 4.01. The molecule has 1 heterocycles. The third-order valence-electron chi connectivity index (χ3n) is 3.55. The van der Waals surface area contributed by atoms with Crippen molar-refractivity contribution in [2.45, 2.75) is 38.5 Å². The number of carboxylic acids is 1. The summed E-state index contributed by atoms with van der Waals surface area (Å²) >= 11 is 11.0. The van der Waals surface area contributed by atoms with Gasteiger partial charge in [0.15, 0.2) is 0 Å². The van der Waals surface area contributed by atoms with Gasteiger partial charge in [0, 0.05) is 11.4 Å². The number of fused-ring (bicyclic) bond motifs is 1. The number of carbonyl (C=O) groups excluding carboxylic acids is 1. The first kappa shape index (κ1) is 22.2. The number of nitrogens with one attached hydrogen (secondary N) is 3. The minimum Gasteiger partial charge on any atom is -0.481 e. The summed E-state index contributed by atoms with van der Waals surface area (Å²) in [6.07, 6.45) is 4.50. The Kier molecular flexibility index (Phi) is 10.2. The standard InChI is InChI=1S/C14H19N3O3S3.K/c18-11(16-17-14(21)22)7-9-8-3-1-2-4-10(8)23-13(9)15-6-5-12(19)20;/h15H,1-7H2,(H,16,18)(H,19,20)(H2,17,21,22);/q;+1/p-1. The van der Waals surface area contributed by atoms with Gasteiger partial charge in [-0.25, -0.2) is 0 Å². The van der Waals surface area contributed by atoms with Gasteiger partial charge >= 0.3 is 57.4 Å². The monoisotopic (exact) mass is 411 g/mol. The molecule has 0 radical (unpaired) electrons. The van der Waals surface area contributed by atoms with Gasteiger partial charge in [0.2, 0.25) is 5.91 Å². The van der Waals surface area contributed by atoms with E-state index in [1.807, 2.05) is 0 Å². The van der Waals surface area contributed by atoms with E-state index >= 15 is 0 Å². The molecule has 4 N–H and O–H groups in total. The number of carbonyl (C=O) groups is 2. The predicted octanol–water partition coefficient (Wildman–Crippen LogP) is -1.49. The molecule has 0 spiro atoms. The van der Waals surface area contributed by atoms with Crippen molar-refractivity contribution in [1.29, 1.82) is 0 Å². The summed E-state index contributed by atoms with van der Waals surface area (Å²) in [6, 6.07) is 0. The van der Waals surface area contributed by atoms with Gasteiger partial charge in [0.05, 0.1) is 17.8 Å². The van der Waals surface area contributed by atoms with Crippen LogP contribution in [0.5, 0.6) is 0 Å². The second-order valence-corrected chi connectivity index (χ2v) is 7.41. The Balaban J connectivity index is 0.00000288. The quantitative estimate of drug-likeness (QED) is 0.196. The van der Waals surface area contributed by atoms with Gasteiger partial charge in [-0.1, -0.05) is 0 Å². The van der Waals surface area contributed by atoms with Crippen molar-refractivity contribution in [3.05, 3.63) is 16.0 Å². The number of thiophene rings is 1. The van der Waals surface area contributed by atoms with Crippen LogP contribution in [-0.2, 0) is 41.5 Å². The molecule has 1 aliphatic carbocycles. The molecule has 0 saturated carbocycles. The molecule has 0 atom stereocenters. The number of hydrazine groups is 1. The van der Waals surface area contributed by atoms with Crippen LogP contribution in [0.1, 0.15) is 35.3 Å². The second-order valence-electron chi connectivity index (χ2n) is 5.23. The summed E-state index contributed by atoms with van der Waals surface area (Å²) in [6.45, 7) is 0.345. The van der Waals surface area contributed by atoms with Crippen molar-refractivity contribution >= 4 is 57.4 Å². The number of aliphatic carboxylic acids is 1. The van der Waals surface area contributed by atoms with Crippen molar-refractivity contribution in [1.82, 2.24) is 10.9 Å². The van der Waals surface area contributed by atoms with Crippen LogP contribution < -0.4 is 67.6 Å². The number of hydrogen-bond acceptors (Lipinski definition) is 6. The van der Waals surface area contributed by atoms with Crippen LogP contribution in [0.15, 0.2) is 0 Å². The number of rotatable bonds is 6. The Morgan fingerprint density at radius 2 is 1.96 bits per heavy atom. The summed E-state index contributed by atoms with van der Waals surface area (Å²) < 4.78 is 0.0884. The van der Waals surface area contributed by atoms with E-state index < -0.39 is 5.97 Å². The number of anilines is 1. The first-order valence-corrected chi connectivity index (χ1v) is 8.95. The van der Waals surface area contributed by atoms with Crippen LogP contribution in [0.25, 0.3) is 0 Å². The summed E-state index contributed by atoms with van der Waals surface area (Å²) in [5, 5.41) is 12.8. The number of thiocarbonyl (C=S) groups is 1. The van der Waals surface area contributed by atoms with E-state index in [0.717, 1.165) is 36.2 Å². The van der Waals surface area contributed by atoms with Gasteiger partial charge in [-0.15, -0.1) is 11.3 Å². The summed E-state index contributed by atoms with van der Waals surface area (Å²) in [5.74, 6) is -1.06. The van der Waals surface area contributed by atoms with Gasteiger partial charge in [-0.3, -0.25) is 15.0 Å². The minimum atomic E-state index is -0.846.